The maximum Gasteiger partial charge on any atom is 0.233 e. The van der Waals surface area contributed by atoms with E-state index in [2.05, 4.69) is 10.3 Å². The molecule has 1 fully saturated rings. The number of halogens is 1. The Morgan fingerprint density at radius 1 is 1.47 bits per heavy atom. The number of pyridine rings is 1. The quantitative estimate of drug-likeness (QED) is 0.809. The summed E-state index contributed by atoms with van der Waals surface area (Å²) in [4.78, 5) is 17.6. The van der Waals surface area contributed by atoms with E-state index in [0.29, 0.717) is 10.8 Å². The number of rotatable bonds is 3. The van der Waals surface area contributed by atoms with Crippen molar-refractivity contribution in [3.05, 3.63) is 24.1 Å². The molecule has 4 nitrogen and oxygen atoms in total. The van der Waals surface area contributed by atoms with E-state index in [1.807, 2.05) is 4.90 Å². The number of nitrogens with zero attached hydrogens (tertiary/aromatic N) is 2. The predicted molar refractivity (Wildman–Crippen MR) is 64.4 cm³/mol. The van der Waals surface area contributed by atoms with Crippen molar-refractivity contribution in [2.45, 2.75) is 5.03 Å². The van der Waals surface area contributed by atoms with Gasteiger partial charge in [0.2, 0.25) is 5.91 Å². The number of carbonyl (C=O) groups excluding carboxylic acids is 1. The van der Waals surface area contributed by atoms with E-state index in [-0.39, 0.29) is 11.7 Å². The number of amides is 1. The number of piperazine rings is 1. The minimum absolute atomic E-state index is 0.114. The second kappa shape index (κ2) is 5.97. The molecule has 1 aromatic rings. The molecule has 1 N–H and O–H groups in total. The zero-order valence-corrected chi connectivity index (χ0v) is 10.2. The molecule has 1 aliphatic heterocycles. The van der Waals surface area contributed by atoms with E-state index in [1.165, 1.54) is 17.8 Å². The molecular formula is C11H14FN3OS. The highest BCUT2D eigenvalue weighted by Crippen LogP contribution is 2.15. The van der Waals surface area contributed by atoms with Gasteiger partial charge in [0.05, 0.1) is 17.0 Å². The lowest BCUT2D eigenvalue weighted by Gasteiger charge is -2.27. The topological polar surface area (TPSA) is 45.2 Å². The van der Waals surface area contributed by atoms with Gasteiger partial charge in [0.15, 0.2) is 0 Å². The third-order valence-electron chi connectivity index (χ3n) is 2.51. The zero-order chi connectivity index (χ0) is 12.1. The minimum atomic E-state index is -0.359. The van der Waals surface area contributed by atoms with E-state index in [0.717, 1.165) is 32.4 Å². The summed E-state index contributed by atoms with van der Waals surface area (Å²) in [7, 11) is 0. The van der Waals surface area contributed by atoms with Gasteiger partial charge in [-0.25, -0.2) is 9.37 Å². The molecule has 92 valence electrons. The number of thioether (sulfide) groups is 1. The van der Waals surface area contributed by atoms with Crippen LogP contribution in [0, 0.1) is 5.82 Å². The van der Waals surface area contributed by atoms with Crippen molar-refractivity contribution >= 4 is 17.7 Å². The first kappa shape index (κ1) is 12.3. The van der Waals surface area contributed by atoms with E-state index in [4.69, 9.17) is 0 Å². The summed E-state index contributed by atoms with van der Waals surface area (Å²) in [6.45, 7) is 3.23. The van der Waals surface area contributed by atoms with Crippen LogP contribution in [0.4, 0.5) is 4.39 Å². The number of carbonyl (C=O) groups is 1. The molecule has 1 aliphatic rings. The van der Waals surface area contributed by atoms with Gasteiger partial charge in [0.1, 0.15) is 5.82 Å². The van der Waals surface area contributed by atoms with Crippen LogP contribution in [0.3, 0.4) is 0 Å². The summed E-state index contributed by atoms with van der Waals surface area (Å²) in [5.41, 5.74) is 0. The Balaban J connectivity index is 1.81. The molecule has 1 aromatic heterocycles. The average molecular weight is 255 g/mol. The van der Waals surface area contributed by atoms with E-state index in [9.17, 15) is 9.18 Å². The third-order valence-corrected chi connectivity index (χ3v) is 3.44. The summed E-state index contributed by atoms with van der Waals surface area (Å²) < 4.78 is 12.6. The van der Waals surface area contributed by atoms with Crippen molar-refractivity contribution in [3.8, 4) is 0 Å². The van der Waals surface area contributed by atoms with E-state index in [1.54, 1.807) is 6.07 Å². The molecule has 0 aromatic carbocycles. The second-order valence-corrected chi connectivity index (χ2v) is 4.73. The molecule has 0 unspecified atom stereocenters. The molecule has 1 saturated heterocycles. The van der Waals surface area contributed by atoms with Gasteiger partial charge in [-0.3, -0.25) is 4.79 Å². The van der Waals surface area contributed by atoms with Gasteiger partial charge in [-0.15, -0.1) is 0 Å². The molecule has 17 heavy (non-hydrogen) atoms. The van der Waals surface area contributed by atoms with Crippen LogP contribution in [-0.2, 0) is 4.79 Å². The lowest BCUT2D eigenvalue weighted by molar-refractivity contribution is -0.128. The fourth-order valence-corrected chi connectivity index (χ4v) is 2.33. The minimum Gasteiger partial charge on any atom is -0.339 e. The molecule has 0 spiro atoms. The van der Waals surface area contributed by atoms with Crippen molar-refractivity contribution in [2.24, 2.45) is 0 Å². The van der Waals surface area contributed by atoms with Crippen LogP contribution >= 0.6 is 11.8 Å². The monoisotopic (exact) mass is 255 g/mol. The maximum atomic E-state index is 12.6. The number of hydrogen-bond acceptors (Lipinski definition) is 4. The Morgan fingerprint density at radius 2 is 2.24 bits per heavy atom. The lowest BCUT2D eigenvalue weighted by Crippen LogP contribution is -2.47. The zero-order valence-electron chi connectivity index (χ0n) is 9.36. The molecule has 2 heterocycles. The molecule has 2 rings (SSSR count). The summed E-state index contributed by atoms with van der Waals surface area (Å²) in [5, 5.41) is 3.87. The van der Waals surface area contributed by atoms with Crippen LogP contribution < -0.4 is 5.32 Å². The standard InChI is InChI=1S/C11H14FN3OS/c12-9-1-2-10(14-7-9)17-8-11(16)15-5-3-13-4-6-15/h1-2,7,13H,3-6,8H2. The lowest BCUT2D eigenvalue weighted by atomic mass is 10.3. The van der Waals surface area contributed by atoms with Crippen molar-refractivity contribution in [2.75, 3.05) is 31.9 Å². The number of hydrogen-bond donors (Lipinski definition) is 1. The molecule has 0 bridgehead atoms. The number of aromatic nitrogens is 1. The summed E-state index contributed by atoms with van der Waals surface area (Å²) in [6, 6.07) is 2.94. The molecule has 1 amide bonds. The van der Waals surface area contributed by atoms with E-state index < -0.39 is 0 Å². The van der Waals surface area contributed by atoms with Gasteiger partial charge < -0.3 is 10.2 Å². The highest BCUT2D eigenvalue weighted by molar-refractivity contribution is 7.99. The van der Waals surface area contributed by atoms with Crippen LogP contribution in [0.2, 0.25) is 0 Å². The number of nitrogens with one attached hydrogen (secondary N) is 1. The van der Waals surface area contributed by atoms with Crippen molar-refractivity contribution < 1.29 is 9.18 Å². The molecule has 0 radical (unpaired) electrons. The van der Waals surface area contributed by atoms with Crippen molar-refractivity contribution in [1.82, 2.24) is 15.2 Å². The van der Waals surface area contributed by atoms with Crippen LogP contribution in [0.5, 0.6) is 0 Å². The second-order valence-electron chi connectivity index (χ2n) is 3.73. The SMILES string of the molecule is O=C(CSc1ccc(F)cn1)N1CCNCC1. The van der Waals surface area contributed by atoms with Gasteiger partial charge >= 0.3 is 0 Å². The van der Waals surface area contributed by atoms with Gasteiger partial charge in [0.25, 0.3) is 0 Å². The van der Waals surface area contributed by atoms with E-state index >= 15 is 0 Å². The molecular weight excluding hydrogens is 241 g/mol. The first-order valence-corrected chi connectivity index (χ1v) is 6.47. The third kappa shape index (κ3) is 3.67. The molecule has 6 heteroatoms. The van der Waals surface area contributed by atoms with Crippen LogP contribution in [0.15, 0.2) is 23.4 Å². The molecule has 0 saturated carbocycles. The average Bonchev–Trinajstić information content (AvgIpc) is 2.39. The molecule has 0 aliphatic carbocycles. The van der Waals surface area contributed by atoms with Gasteiger partial charge in [0, 0.05) is 26.2 Å². The Morgan fingerprint density at radius 3 is 2.88 bits per heavy atom. The fourth-order valence-electron chi connectivity index (χ4n) is 1.59. The Bertz CT molecular complexity index is 379. The Kier molecular flexibility index (Phi) is 4.33. The van der Waals surface area contributed by atoms with Crippen LogP contribution in [-0.4, -0.2) is 47.7 Å². The largest absolute Gasteiger partial charge is 0.339 e. The summed E-state index contributed by atoms with van der Waals surface area (Å²) >= 11 is 1.34. The van der Waals surface area contributed by atoms with Crippen molar-refractivity contribution in [3.63, 3.8) is 0 Å². The highest BCUT2D eigenvalue weighted by Gasteiger charge is 2.16. The Labute approximate surface area is 104 Å². The molecule has 0 atom stereocenters. The summed E-state index contributed by atoms with van der Waals surface area (Å²) in [6.07, 6.45) is 1.16. The Hall–Kier alpha value is -1.14. The maximum absolute atomic E-state index is 12.6. The van der Waals surface area contributed by atoms with Gasteiger partial charge in [-0.05, 0) is 12.1 Å². The van der Waals surface area contributed by atoms with Gasteiger partial charge in [-0.2, -0.15) is 0 Å². The van der Waals surface area contributed by atoms with Gasteiger partial charge in [-0.1, -0.05) is 11.8 Å². The van der Waals surface area contributed by atoms with Crippen LogP contribution in [0.1, 0.15) is 0 Å². The predicted octanol–water partition coefficient (Wildman–Crippen LogP) is 0.745. The smallest absolute Gasteiger partial charge is 0.233 e. The van der Waals surface area contributed by atoms with Crippen molar-refractivity contribution in [1.29, 1.82) is 0 Å². The van der Waals surface area contributed by atoms with Crippen LogP contribution in [0.25, 0.3) is 0 Å². The fraction of sp³-hybridized carbons (Fsp3) is 0.455. The highest BCUT2D eigenvalue weighted by atomic mass is 32.2. The summed E-state index contributed by atoms with van der Waals surface area (Å²) in [5.74, 6) is 0.115. The first-order chi connectivity index (χ1) is 8.25. The normalized spacial score (nSPS) is 15.9. The first-order valence-electron chi connectivity index (χ1n) is 5.48.